The molecule has 2 saturated heterocycles. The number of hydrogen-bond donors (Lipinski definition) is 1. The SMILES string of the molecule is CN=C(NCC(c1ccccc1OC)N1CCCCC1)N(C)CC1CCOC1. The summed E-state index contributed by atoms with van der Waals surface area (Å²) in [5.74, 6) is 2.51. The highest BCUT2D eigenvalue weighted by atomic mass is 16.5. The average molecular weight is 389 g/mol. The fourth-order valence-electron chi connectivity index (χ4n) is 4.38. The van der Waals surface area contributed by atoms with E-state index >= 15 is 0 Å². The number of nitrogens with one attached hydrogen (secondary N) is 1. The first-order valence-electron chi connectivity index (χ1n) is 10.6. The van der Waals surface area contributed by atoms with Crippen molar-refractivity contribution in [2.75, 3.05) is 60.6 Å². The van der Waals surface area contributed by atoms with E-state index in [4.69, 9.17) is 9.47 Å². The molecule has 0 radical (unpaired) electrons. The average Bonchev–Trinajstić information content (AvgIpc) is 3.25. The molecular weight excluding hydrogens is 352 g/mol. The summed E-state index contributed by atoms with van der Waals surface area (Å²) in [5, 5.41) is 3.63. The van der Waals surface area contributed by atoms with Crippen LogP contribution in [0.1, 0.15) is 37.3 Å². The Labute approximate surface area is 169 Å². The number of hydrogen-bond acceptors (Lipinski definition) is 4. The molecule has 2 aliphatic heterocycles. The van der Waals surface area contributed by atoms with Crippen LogP contribution < -0.4 is 10.1 Å². The summed E-state index contributed by atoms with van der Waals surface area (Å²) >= 11 is 0. The van der Waals surface area contributed by atoms with Crippen LogP contribution in [0.3, 0.4) is 0 Å². The van der Waals surface area contributed by atoms with Crippen molar-refractivity contribution in [2.24, 2.45) is 10.9 Å². The van der Waals surface area contributed by atoms with Gasteiger partial charge in [-0.25, -0.2) is 0 Å². The van der Waals surface area contributed by atoms with Crippen LogP contribution in [0.4, 0.5) is 0 Å². The highest BCUT2D eigenvalue weighted by molar-refractivity contribution is 5.79. The second-order valence-electron chi connectivity index (χ2n) is 7.89. The van der Waals surface area contributed by atoms with Gasteiger partial charge in [0.1, 0.15) is 5.75 Å². The van der Waals surface area contributed by atoms with Gasteiger partial charge >= 0.3 is 0 Å². The summed E-state index contributed by atoms with van der Waals surface area (Å²) in [5.41, 5.74) is 1.25. The third-order valence-electron chi connectivity index (χ3n) is 5.91. The van der Waals surface area contributed by atoms with Crippen LogP contribution in [-0.2, 0) is 4.74 Å². The van der Waals surface area contributed by atoms with Crippen LogP contribution in [-0.4, -0.2) is 76.4 Å². The van der Waals surface area contributed by atoms with Crippen molar-refractivity contribution in [3.8, 4) is 5.75 Å². The number of nitrogens with zero attached hydrogens (tertiary/aromatic N) is 3. The van der Waals surface area contributed by atoms with Crippen molar-refractivity contribution in [3.63, 3.8) is 0 Å². The largest absolute Gasteiger partial charge is 0.496 e. The zero-order valence-electron chi connectivity index (χ0n) is 17.7. The second kappa shape index (κ2) is 10.7. The Kier molecular flexibility index (Phi) is 7.98. The van der Waals surface area contributed by atoms with Crippen LogP contribution in [0.25, 0.3) is 0 Å². The van der Waals surface area contributed by atoms with E-state index in [1.54, 1.807) is 7.11 Å². The van der Waals surface area contributed by atoms with Crippen molar-refractivity contribution < 1.29 is 9.47 Å². The van der Waals surface area contributed by atoms with Crippen LogP contribution in [0.5, 0.6) is 5.75 Å². The van der Waals surface area contributed by atoms with Crippen LogP contribution in [0.15, 0.2) is 29.3 Å². The zero-order valence-corrected chi connectivity index (χ0v) is 17.7. The van der Waals surface area contributed by atoms with Crippen molar-refractivity contribution in [1.82, 2.24) is 15.1 Å². The number of rotatable bonds is 7. The van der Waals surface area contributed by atoms with Gasteiger partial charge in [0.2, 0.25) is 0 Å². The molecular formula is C22H36N4O2. The molecule has 1 aromatic rings. The topological polar surface area (TPSA) is 49.3 Å². The van der Waals surface area contributed by atoms with Crippen molar-refractivity contribution in [1.29, 1.82) is 0 Å². The molecule has 2 fully saturated rings. The normalized spacial score (nSPS) is 22.1. The van der Waals surface area contributed by atoms with Gasteiger partial charge in [-0.2, -0.15) is 0 Å². The lowest BCUT2D eigenvalue weighted by molar-refractivity contribution is 0.160. The molecule has 0 aromatic heterocycles. The lowest BCUT2D eigenvalue weighted by Crippen LogP contribution is -2.46. The van der Waals surface area contributed by atoms with E-state index in [1.165, 1.54) is 24.8 Å². The Morgan fingerprint density at radius 1 is 1.32 bits per heavy atom. The summed E-state index contributed by atoms with van der Waals surface area (Å²) in [6.45, 7) is 5.81. The fourth-order valence-corrected chi connectivity index (χ4v) is 4.38. The molecule has 0 spiro atoms. The Balaban J connectivity index is 1.69. The van der Waals surface area contributed by atoms with Crippen molar-refractivity contribution in [3.05, 3.63) is 29.8 Å². The van der Waals surface area contributed by atoms with Gasteiger partial charge in [0.25, 0.3) is 0 Å². The number of piperidine rings is 1. The van der Waals surface area contributed by atoms with E-state index in [-0.39, 0.29) is 6.04 Å². The molecule has 0 saturated carbocycles. The van der Waals surface area contributed by atoms with Gasteiger partial charge in [0.15, 0.2) is 5.96 Å². The van der Waals surface area contributed by atoms with Gasteiger partial charge in [0, 0.05) is 45.3 Å². The molecule has 0 aliphatic carbocycles. The number of methoxy groups -OCH3 is 1. The number of para-hydroxylation sites is 1. The Morgan fingerprint density at radius 2 is 2.11 bits per heavy atom. The van der Waals surface area contributed by atoms with Gasteiger partial charge in [-0.05, 0) is 38.4 Å². The van der Waals surface area contributed by atoms with Crippen molar-refractivity contribution >= 4 is 5.96 Å². The predicted octanol–water partition coefficient (Wildman–Crippen LogP) is 2.77. The second-order valence-corrected chi connectivity index (χ2v) is 7.89. The number of benzene rings is 1. The number of aliphatic imine (C=N–C) groups is 1. The minimum absolute atomic E-state index is 0.274. The Hall–Kier alpha value is -1.79. The quantitative estimate of drug-likeness (QED) is 0.575. The van der Waals surface area contributed by atoms with E-state index in [0.29, 0.717) is 5.92 Å². The molecule has 0 amide bonds. The summed E-state index contributed by atoms with van der Waals surface area (Å²) in [6.07, 6.45) is 5.00. The first-order valence-corrected chi connectivity index (χ1v) is 10.6. The van der Waals surface area contributed by atoms with Gasteiger partial charge in [-0.1, -0.05) is 24.6 Å². The molecule has 1 aromatic carbocycles. The lowest BCUT2D eigenvalue weighted by Gasteiger charge is -2.36. The van der Waals surface area contributed by atoms with Crippen LogP contribution in [0.2, 0.25) is 0 Å². The Bertz CT molecular complexity index is 625. The fraction of sp³-hybridized carbons (Fsp3) is 0.682. The molecule has 6 nitrogen and oxygen atoms in total. The van der Waals surface area contributed by atoms with E-state index in [1.807, 2.05) is 13.1 Å². The molecule has 2 atom stereocenters. The molecule has 6 heteroatoms. The number of ether oxygens (including phenoxy) is 2. The molecule has 156 valence electrons. The van der Waals surface area contributed by atoms with E-state index < -0.39 is 0 Å². The highest BCUT2D eigenvalue weighted by Crippen LogP contribution is 2.31. The zero-order chi connectivity index (χ0) is 19.8. The van der Waals surface area contributed by atoms with E-state index in [9.17, 15) is 0 Å². The third kappa shape index (κ3) is 5.39. The number of guanidine groups is 1. The predicted molar refractivity (Wildman–Crippen MR) is 114 cm³/mol. The molecule has 0 bridgehead atoms. The summed E-state index contributed by atoms with van der Waals surface area (Å²) < 4.78 is 11.2. The molecule has 28 heavy (non-hydrogen) atoms. The molecule has 1 N–H and O–H groups in total. The Morgan fingerprint density at radius 3 is 2.79 bits per heavy atom. The van der Waals surface area contributed by atoms with Gasteiger partial charge in [0.05, 0.1) is 19.8 Å². The summed E-state index contributed by atoms with van der Waals surface area (Å²) in [4.78, 5) is 9.34. The van der Waals surface area contributed by atoms with Crippen LogP contribution in [0, 0.1) is 5.92 Å². The first-order chi connectivity index (χ1) is 13.7. The lowest BCUT2D eigenvalue weighted by atomic mass is 10.0. The minimum Gasteiger partial charge on any atom is -0.496 e. The van der Waals surface area contributed by atoms with Gasteiger partial charge in [-0.15, -0.1) is 0 Å². The highest BCUT2D eigenvalue weighted by Gasteiger charge is 2.26. The minimum atomic E-state index is 0.274. The smallest absolute Gasteiger partial charge is 0.193 e. The van der Waals surface area contributed by atoms with Gasteiger partial charge in [-0.3, -0.25) is 9.89 Å². The summed E-state index contributed by atoms with van der Waals surface area (Å²) in [7, 11) is 5.74. The molecule has 2 aliphatic rings. The first kappa shape index (κ1) is 20.9. The van der Waals surface area contributed by atoms with E-state index in [0.717, 1.165) is 57.5 Å². The summed E-state index contributed by atoms with van der Waals surface area (Å²) in [6, 6.07) is 8.68. The maximum absolute atomic E-state index is 5.68. The maximum Gasteiger partial charge on any atom is 0.193 e. The molecule has 2 heterocycles. The molecule has 2 unspecified atom stereocenters. The third-order valence-corrected chi connectivity index (χ3v) is 5.91. The number of likely N-dealkylation sites (tertiary alicyclic amines) is 1. The molecule has 3 rings (SSSR count). The van der Waals surface area contributed by atoms with Crippen molar-refractivity contribution in [2.45, 2.75) is 31.7 Å². The standard InChI is InChI=1S/C22H36N4O2/c1-23-22(25(2)16-18-11-14-28-17-18)24-15-20(26-12-7-4-8-13-26)19-9-5-6-10-21(19)27-3/h5-6,9-10,18,20H,4,7-8,11-17H2,1-3H3,(H,23,24). The maximum atomic E-state index is 5.68. The van der Waals surface area contributed by atoms with E-state index in [2.05, 4.69) is 45.4 Å². The van der Waals surface area contributed by atoms with Crippen LogP contribution >= 0.6 is 0 Å². The van der Waals surface area contributed by atoms with Gasteiger partial charge < -0.3 is 19.7 Å². The monoisotopic (exact) mass is 388 g/mol.